The number of hydrogen-bond acceptors (Lipinski definition) is 8. The molecule has 40 heavy (non-hydrogen) atoms. The van der Waals surface area contributed by atoms with Crippen molar-refractivity contribution in [3.05, 3.63) is 11.6 Å². The van der Waals surface area contributed by atoms with Gasteiger partial charge < -0.3 is 25.2 Å². The topological polar surface area (TPSA) is 141 Å². The van der Waals surface area contributed by atoms with E-state index >= 15 is 0 Å². The number of Topliss-reactive ketones (excluding diaryl/α,β-unsaturated/α-hetero) is 2. The minimum absolute atomic E-state index is 0.0193. The second-order valence-electron chi connectivity index (χ2n) is 15.4. The maximum absolute atomic E-state index is 14.3. The molecular weight excluding hydrogens is 512 g/mol. The van der Waals surface area contributed by atoms with Crippen molar-refractivity contribution in [2.24, 2.45) is 39.4 Å². The van der Waals surface area contributed by atoms with E-state index in [9.17, 15) is 34.8 Å². The van der Waals surface area contributed by atoms with Crippen molar-refractivity contribution < 1.29 is 39.5 Å². The SMILES string of the molecule is CC(=O)OC(C)(C)CCC(=O)[C@](C)(O)C1[C@H](O)C[C@@]2(C)C3CC=C4C(CC(O)C(O)C4(C)C)[C@]3(C)C(=O)C[C@]12C. The smallest absolute Gasteiger partial charge is 0.303 e. The Balaban J connectivity index is 1.70. The first-order valence-electron chi connectivity index (χ1n) is 14.8. The average Bonchev–Trinajstić information content (AvgIpc) is 3.01. The summed E-state index contributed by atoms with van der Waals surface area (Å²) in [6.07, 6.45) is 0.776. The van der Waals surface area contributed by atoms with Crippen LogP contribution in [0.3, 0.4) is 0 Å². The molecule has 0 aromatic carbocycles. The van der Waals surface area contributed by atoms with E-state index in [4.69, 9.17) is 4.74 Å². The molecule has 0 radical (unpaired) electrons. The first-order valence-corrected chi connectivity index (χ1v) is 14.8. The van der Waals surface area contributed by atoms with Crippen LogP contribution in [0.15, 0.2) is 11.6 Å². The Morgan fingerprint density at radius 3 is 2.20 bits per heavy atom. The van der Waals surface area contributed by atoms with Gasteiger partial charge in [-0.05, 0) is 69.1 Å². The van der Waals surface area contributed by atoms with E-state index in [0.717, 1.165) is 5.57 Å². The summed E-state index contributed by atoms with van der Waals surface area (Å²) < 4.78 is 5.32. The highest BCUT2D eigenvalue weighted by Crippen LogP contribution is 2.74. The zero-order valence-electron chi connectivity index (χ0n) is 25.7. The van der Waals surface area contributed by atoms with Gasteiger partial charge in [0.25, 0.3) is 0 Å². The number of ketones is 2. The van der Waals surface area contributed by atoms with Crippen LogP contribution in [0.5, 0.6) is 0 Å². The van der Waals surface area contributed by atoms with Crippen LogP contribution in [-0.2, 0) is 19.1 Å². The number of aliphatic hydroxyl groups excluding tert-OH is 3. The number of carbonyl (C=O) groups is 3. The summed E-state index contributed by atoms with van der Waals surface area (Å²) in [7, 11) is 0. The molecule has 0 heterocycles. The highest BCUT2D eigenvalue weighted by atomic mass is 16.6. The molecule has 4 rings (SSSR count). The molecule has 0 saturated heterocycles. The highest BCUT2D eigenvalue weighted by Gasteiger charge is 2.74. The van der Waals surface area contributed by atoms with Gasteiger partial charge >= 0.3 is 5.97 Å². The number of rotatable bonds is 6. The van der Waals surface area contributed by atoms with Crippen LogP contribution >= 0.6 is 0 Å². The Bertz CT molecular complexity index is 1120. The third-order valence-corrected chi connectivity index (χ3v) is 12.2. The minimum Gasteiger partial charge on any atom is -0.460 e. The van der Waals surface area contributed by atoms with E-state index in [1.807, 2.05) is 27.7 Å². The number of hydrogen-bond donors (Lipinski definition) is 4. The summed E-state index contributed by atoms with van der Waals surface area (Å²) in [5, 5.41) is 45.0. The molecule has 3 saturated carbocycles. The van der Waals surface area contributed by atoms with Gasteiger partial charge in [-0.15, -0.1) is 0 Å². The molecule has 0 aromatic heterocycles. The van der Waals surface area contributed by atoms with Gasteiger partial charge in [0, 0.05) is 36.5 Å². The van der Waals surface area contributed by atoms with Gasteiger partial charge in [-0.25, -0.2) is 0 Å². The average molecular weight is 563 g/mol. The zero-order valence-corrected chi connectivity index (χ0v) is 25.7. The van der Waals surface area contributed by atoms with Crippen LogP contribution in [0.1, 0.15) is 101 Å². The first kappa shape index (κ1) is 31.3. The number of carbonyl (C=O) groups excluding carboxylic acids is 3. The van der Waals surface area contributed by atoms with E-state index in [1.54, 1.807) is 13.8 Å². The summed E-state index contributed by atoms with van der Waals surface area (Å²) in [5.41, 5.74) is -4.68. The Hall–Kier alpha value is -1.61. The Labute approximate surface area is 238 Å². The molecule has 0 aromatic rings. The summed E-state index contributed by atoms with van der Waals surface area (Å²) in [4.78, 5) is 39.4. The molecule has 0 spiro atoms. The fourth-order valence-corrected chi connectivity index (χ4v) is 9.83. The predicted octanol–water partition coefficient (Wildman–Crippen LogP) is 3.52. The lowest BCUT2D eigenvalue weighted by atomic mass is 9.38. The van der Waals surface area contributed by atoms with Crippen molar-refractivity contribution in [3.63, 3.8) is 0 Å². The van der Waals surface area contributed by atoms with Crippen molar-refractivity contribution in [3.8, 4) is 0 Å². The quantitative estimate of drug-likeness (QED) is 0.285. The summed E-state index contributed by atoms with van der Waals surface area (Å²) in [6.45, 7) is 16.1. The molecule has 0 aliphatic heterocycles. The normalized spacial score (nSPS) is 44.0. The van der Waals surface area contributed by atoms with Gasteiger partial charge in [0.2, 0.25) is 0 Å². The molecule has 4 aliphatic rings. The zero-order chi connectivity index (χ0) is 30.4. The van der Waals surface area contributed by atoms with Crippen LogP contribution in [0, 0.1) is 39.4 Å². The van der Waals surface area contributed by atoms with Crippen molar-refractivity contribution >= 4 is 17.5 Å². The van der Waals surface area contributed by atoms with Crippen LogP contribution in [0.4, 0.5) is 0 Å². The molecule has 8 nitrogen and oxygen atoms in total. The predicted molar refractivity (Wildman–Crippen MR) is 149 cm³/mol. The van der Waals surface area contributed by atoms with Gasteiger partial charge in [0.15, 0.2) is 5.78 Å². The van der Waals surface area contributed by atoms with Crippen LogP contribution in [0.2, 0.25) is 0 Å². The Kier molecular flexibility index (Phi) is 7.40. The monoisotopic (exact) mass is 562 g/mol. The van der Waals surface area contributed by atoms with Crippen molar-refractivity contribution in [1.82, 2.24) is 0 Å². The maximum atomic E-state index is 14.3. The minimum atomic E-state index is -1.89. The van der Waals surface area contributed by atoms with Gasteiger partial charge in [0.05, 0.1) is 18.3 Å². The van der Waals surface area contributed by atoms with Gasteiger partial charge in [-0.1, -0.05) is 46.3 Å². The molecule has 0 bridgehead atoms. The van der Waals surface area contributed by atoms with Crippen LogP contribution < -0.4 is 0 Å². The molecule has 4 aliphatic carbocycles. The molecule has 0 amide bonds. The second kappa shape index (κ2) is 9.45. The molecule has 5 unspecified atom stereocenters. The van der Waals surface area contributed by atoms with E-state index in [1.165, 1.54) is 13.8 Å². The Morgan fingerprint density at radius 1 is 1.02 bits per heavy atom. The summed E-state index contributed by atoms with van der Waals surface area (Å²) >= 11 is 0. The van der Waals surface area contributed by atoms with Crippen molar-refractivity contribution in [2.75, 3.05) is 0 Å². The van der Waals surface area contributed by atoms with E-state index < -0.39 is 68.8 Å². The van der Waals surface area contributed by atoms with Crippen LogP contribution in [0.25, 0.3) is 0 Å². The molecule has 226 valence electrons. The molecule has 8 heteroatoms. The number of fused-ring (bicyclic) bond motifs is 5. The molecule has 10 atom stereocenters. The van der Waals surface area contributed by atoms with E-state index in [-0.39, 0.29) is 36.9 Å². The van der Waals surface area contributed by atoms with Crippen LogP contribution in [-0.4, -0.2) is 67.5 Å². The third kappa shape index (κ3) is 4.26. The van der Waals surface area contributed by atoms with Gasteiger partial charge in [0.1, 0.15) is 17.0 Å². The lowest BCUT2D eigenvalue weighted by Gasteiger charge is -2.65. The number of ether oxygens (including phenoxy) is 1. The molecule has 4 N–H and O–H groups in total. The molecule has 3 fully saturated rings. The third-order valence-electron chi connectivity index (χ3n) is 12.2. The fraction of sp³-hybridized carbons (Fsp3) is 0.844. The second-order valence-corrected chi connectivity index (χ2v) is 15.4. The van der Waals surface area contributed by atoms with Gasteiger partial charge in [-0.3, -0.25) is 14.4 Å². The number of esters is 1. The summed E-state index contributed by atoms with van der Waals surface area (Å²) in [6, 6.07) is 0. The van der Waals surface area contributed by atoms with Gasteiger partial charge in [-0.2, -0.15) is 0 Å². The van der Waals surface area contributed by atoms with Crippen molar-refractivity contribution in [2.45, 2.75) is 130 Å². The Morgan fingerprint density at radius 2 is 1.62 bits per heavy atom. The van der Waals surface area contributed by atoms with E-state index in [0.29, 0.717) is 19.3 Å². The highest BCUT2D eigenvalue weighted by molar-refractivity contribution is 5.90. The number of allylic oxidation sites excluding steroid dienone is 1. The number of aliphatic hydroxyl groups is 4. The first-order chi connectivity index (χ1) is 18.1. The lowest BCUT2D eigenvalue weighted by Crippen LogP contribution is -2.65. The maximum Gasteiger partial charge on any atom is 0.303 e. The standard InChI is InChI=1S/C32H50O8/c1-17(33)40-27(2,3)13-12-23(36)32(9,39)25-21(35)15-29(6)22-11-10-18-19(14-20(34)26(38)28(18,4)5)31(22,8)24(37)16-30(25,29)7/h10,19-22,25-26,34-35,38-39H,11-16H2,1-9H3/t19?,20?,21-,22?,25?,26?,29+,30-,31+,32+/m1/s1. The van der Waals surface area contributed by atoms with E-state index in [2.05, 4.69) is 13.0 Å². The molecular formula is C32H50O8. The largest absolute Gasteiger partial charge is 0.460 e. The fourth-order valence-electron chi connectivity index (χ4n) is 9.83. The lowest BCUT2D eigenvalue weighted by molar-refractivity contribution is -0.188. The summed E-state index contributed by atoms with van der Waals surface area (Å²) in [5.74, 6) is -2.15. The van der Waals surface area contributed by atoms with Crippen molar-refractivity contribution in [1.29, 1.82) is 0 Å².